The molecule has 2 aliphatic rings. The summed E-state index contributed by atoms with van der Waals surface area (Å²) in [4.78, 5) is 4.98. The third-order valence-corrected chi connectivity index (χ3v) is 8.02. The van der Waals surface area contributed by atoms with Gasteiger partial charge in [0, 0.05) is 51.5 Å². The van der Waals surface area contributed by atoms with Crippen LogP contribution in [0.5, 0.6) is 0 Å². The van der Waals surface area contributed by atoms with E-state index in [1.807, 2.05) is 22.5 Å². The van der Waals surface area contributed by atoms with Gasteiger partial charge >= 0.3 is 0 Å². The Morgan fingerprint density at radius 1 is 0.862 bits per heavy atom. The summed E-state index contributed by atoms with van der Waals surface area (Å²) in [6.07, 6.45) is 3.78. The molecule has 2 fully saturated rings. The molecule has 0 spiro atoms. The molecule has 0 bridgehead atoms. The number of hydrogen-bond acceptors (Lipinski definition) is 4. The van der Waals surface area contributed by atoms with E-state index in [0.717, 1.165) is 45.3 Å². The van der Waals surface area contributed by atoms with E-state index in [2.05, 4.69) is 48.2 Å². The van der Waals surface area contributed by atoms with E-state index >= 15 is 0 Å². The number of hydrogen-bond donors (Lipinski definition) is 0. The predicted octanol–water partition coefficient (Wildman–Crippen LogP) is 3.57. The predicted molar refractivity (Wildman–Crippen MR) is 118 cm³/mol. The number of likely N-dealkylation sites (tertiary alicyclic amines) is 1. The van der Waals surface area contributed by atoms with Crippen LogP contribution in [-0.4, -0.2) is 56.9 Å². The van der Waals surface area contributed by atoms with E-state index in [1.54, 1.807) is 12.1 Å². The van der Waals surface area contributed by atoms with Crippen molar-refractivity contribution in [3.05, 3.63) is 60.2 Å². The standard InChI is InChI=1S/C23H31N3O2S/c1-24(2)20-10-8-19(9-11-20)18-25-16-14-22(15-17-25)26(21-12-13-21)29(27,28)23-6-4-3-5-7-23/h3-11,21-22H,12-18H2,1-2H3. The maximum atomic E-state index is 13.3. The van der Waals surface area contributed by atoms with E-state index in [1.165, 1.54) is 11.3 Å². The van der Waals surface area contributed by atoms with Gasteiger partial charge in [0.25, 0.3) is 0 Å². The molecule has 5 nitrogen and oxygen atoms in total. The molecule has 2 aromatic rings. The fourth-order valence-electron chi connectivity index (χ4n) is 4.22. The topological polar surface area (TPSA) is 43.9 Å². The third kappa shape index (κ3) is 4.65. The van der Waals surface area contributed by atoms with Crippen LogP contribution in [-0.2, 0) is 16.6 Å². The molecule has 29 heavy (non-hydrogen) atoms. The second-order valence-corrected chi connectivity index (χ2v) is 10.3. The van der Waals surface area contributed by atoms with E-state index in [-0.39, 0.29) is 12.1 Å². The second kappa shape index (κ2) is 8.46. The first-order valence-electron chi connectivity index (χ1n) is 10.5. The molecule has 0 aromatic heterocycles. The van der Waals surface area contributed by atoms with Gasteiger partial charge in [-0.1, -0.05) is 30.3 Å². The Morgan fingerprint density at radius 3 is 2.00 bits per heavy atom. The minimum Gasteiger partial charge on any atom is -0.378 e. The van der Waals surface area contributed by atoms with Crippen molar-refractivity contribution in [1.82, 2.24) is 9.21 Å². The highest BCUT2D eigenvalue weighted by Gasteiger charge is 2.43. The molecule has 6 heteroatoms. The maximum Gasteiger partial charge on any atom is 0.243 e. The van der Waals surface area contributed by atoms with Gasteiger partial charge in [-0.15, -0.1) is 0 Å². The van der Waals surface area contributed by atoms with Crippen LogP contribution in [0.25, 0.3) is 0 Å². The number of anilines is 1. The molecule has 1 aliphatic carbocycles. The minimum absolute atomic E-state index is 0.111. The van der Waals surface area contributed by atoms with Crippen molar-refractivity contribution < 1.29 is 8.42 Å². The molecule has 0 unspecified atom stereocenters. The molecule has 1 aliphatic heterocycles. The summed E-state index contributed by atoms with van der Waals surface area (Å²) < 4.78 is 28.4. The van der Waals surface area contributed by atoms with Gasteiger partial charge in [-0.25, -0.2) is 8.42 Å². The van der Waals surface area contributed by atoms with Crippen LogP contribution in [0.15, 0.2) is 59.5 Å². The van der Waals surface area contributed by atoms with Crippen LogP contribution < -0.4 is 4.90 Å². The summed E-state index contributed by atoms with van der Waals surface area (Å²) in [5.41, 5.74) is 2.52. The Balaban J connectivity index is 1.40. The van der Waals surface area contributed by atoms with Crippen molar-refractivity contribution >= 4 is 15.7 Å². The Labute approximate surface area is 175 Å². The third-order valence-electron chi connectivity index (χ3n) is 6.00. The van der Waals surface area contributed by atoms with Gasteiger partial charge in [-0.2, -0.15) is 4.31 Å². The molecule has 156 valence electrons. The number of rotatable bonds is 7. The van der Waals surface area contributed by atoms with Crippen molar-refractivity contribution in [2.75, 3.05) is 32.1 Å². The molecule has 4 rings (SSSR count). The normalized spacial score (nSPS) is 18.9. The molecule has 0 radical (unpaired) electrons. The lowest BCUT2D eigenvalue weighted by atomic mass is 10.0. The summed E-state index contributed by atoms with van der Waals surface area (Å²) in [6.45, 7) is 2.80. The van der Waals surface area contributed by atoms with Crippen LogP contribution in [0.3, 0.4) is 0 Å². The van der Waals surface area contributed by atoms with Gasteiger partial charge in [0.05, 0.1) is 4.90 Å². The van der Waals surface area contributed by atoms with Gasteiger partial charge in [-0.05, 0) is 55.5 Å². The average molecular weight is 414 g/mol. The van der Waals surface area contributed by atoms with Crippen LogP contribution in [0.1, 0.15) is 31.2 Å². The highest BCUT2D eigenvalue weighted by atomic mass is 32.2. The fraction of sp³-hybridized carbons (Fsp3) is 0.478. The van der Waals surface area contributed by atoms with Crippen molar-refractivity contribution in [2.45, 2.75) is 49.2 Å². The van der Waals surface area contributed by atoms with E-state index in [9.17, 15) is 8.42 Å². The van der Waals surface area contributed by atoms with Crippen LogP contribution in [0, 0.1) is 0 Å². The summed E-state index contributed by atoms with van der Waals surface area (Å²) in [6, 6.07) is 17.9. The zero-order chi connectivity index (χ0) is 20.4. The lowest BCUT2D eigenvalue weighted by molar-refractivity contribution is 0.150. The average Bonchev–Trinajstić information content (AvgIpc) is 3.55. The molecule has 0 atom stereocenters. The highest BCUT2D eigenvalue weighted by Crippen LogP contribution is 2.36. The quantitative estimate of drug-likeness (QED) is 0.696. The highest BCUT2D eigenvalue weighted by molar-refractivity contribution is 7.89. The molecule has 1 heterocycles. The molecule has 0 N–H and O–H groups in total. The summed E-state index contributed by atoms with van der Waals surface area (Å²) in [5, 5.41) is 0. The molecular weight excluding hydrogens is 382 g/mol. The zero-order valence-corrected chi connectivity index (χ0v) is 18.2. The van der Waals surface area contributed by atoms with Gasteiger partial charge in [-0.3, -0.25) is 4.90 Å². The molecule has 0 amide bonds. The smallest absolute Gasteiger partial charge is 0.243 e. The first-order chi connectivity index (χ1) is 13.9. The molecule has 1 saturated heterocycles. The summed E-state index contributed by atoms with van der Waals surface area (Å²) in [5.74, 6) is 0. The Bertz CT molecular complexity index is 901. The van der Waals surface area contributed by atoms with E-state index in [0.29, 0.717) is 4.90 Å². The van der Waals surface area contributed by atoms with Gasteiger partial charge in [0.1, 0.15) is 0 Å². The Morgan fingerprint density at radius 2 is 1.45 bits per heavy atom. The van der Waals surface area contributed by atoms with Gasteiger partial charge in [0.2, 0.25) is 10.0 Å². The fourth-order valence-corrected chi connectivity index (χ4v) is 6.17. The Hall–Kier alpha value is -1.89. The number of sulfonamides is 1. The maximum absolute atomic E-state index is 13.3. The van der Waals surface area contributed by atoms with Crippen molar-refractivity contribution in [1.29, 1.82) is 0 Å². The van der Waals surface area contributed by atoms with Gasteiger partial charge in [0.15, 0.2) is 0 Å². The van der Waals surface area contributed by atoms with Crippen LogP contribution in [0.4, 0.5) is 5.69 Å². The first kappa shape index (κ1) is 20.4. The van der Waals surface area contributed by atoms with E-state index < -0.39 is 10.0 Å². The minimum atomic E-state index is -3.42. The summed E-state index contributed by atoms with van der Waals surface area (Å²) >= 11 is 0. The molecule has 2 aromatic carbocycles. The largest absolute Gasteiger partial charge is 0.378 e. The SMILES string of the molecule is CN(C)c1ccc(CN2CCC(N(C3CC3)S(=O)(=O)c3ccccc3)CC2)cc1. The first-order valence-corrected chi connectivity index (χ1v) is 12.0. The summed E-state index contributed by atoms with van der Waals surface area (Å²) in [7, 11) is 0.684. The second-order valence-electron chi connectivity index (χ2n) is 8.45. The van der Waals surface area contributed by atoms with Crippen molar-refractivity contribution in [2.24, 2.45) is 0 Å². The molecule has 1 saturated carbocycles. The number of benzene rings is 2. The monoisotopic (exact) mass is 413 g/mol. The van der Waals surface area contributed by atoms with Gasteiger partial charge < -0.3 is 4.90 Å². The molecular formula is C23H31N3O2S. The Kier molecular flexibility index (Phi) is 5.95. The van der Waals surface area contributed by atoms with E-state index in [4.69, 9.17) is 0 Å². The van der Waals surface area contributed by atoms with Crippen LogP contribution in [0.2, 0.25) is 0 Å². The van der Waals surface area contributed by atoms with Crippen LogP contribution >= 0.6 is 0 Å². The number of piperidine rings is 1. The zero-order valence-electron chi connectivity index (χ0n) is 17.4. The van der Waals surface area contributed by atoms with Crippen molar-refractivity contribution in [3.63, 3.8) is 0 Å². The number of nitrogens with zero attached hydrogens (tertiary/aromatic N) is 3. The lowest BCUT2D eigenvalue weighted by Gasteiger charge is -2.38. The van der Waals surface area contributed by atoms with Crippen molar-refractivity contribution in [3.8, 4) is 0 Å². The lowest BCUT2D eigenvalue weighted by Crippen LogP contribution is -2.48.